The molecule has 2 N–H and O–H groups in total. The van der Waals surface area contributed by atoms with Crippen LogP contribution in [-0.2, 0) is 11.0 Å². The summed E-state index contributed by atoms with van der Waals surface area (Å²) in [7, 11) is 0. The van der Waals surface area contributed by atoms with Gasteiger partial charge in [0, 0.05) is 0 Å². The Morgan fingerprint density at radius 1 is 1.00 bits per heavy atom. The van der Waals surface area contributed by atoms with E-state index < -0.39 is 23.8 Å². The van der Waals surface area contributed by atoms with Crippen molar-refractivity contribution in [2.24, 2.45) is 5.73 Å². The van der Waals surface area contributed by atoms with Crippen molar-refractivity contribution in [3.05, 3.63) is 54.1 Å². The van der Waals surface area contributed by atoms with Crippen LogP contribution in [-0.4, -0.2) is 12.0 Å². The van der Waals surface area contributed by atoms with Crippen molar-refractivity contribution in [1.29, 1.82) is 0 Å². The van der Waals surface area contributed by atoms with Gasteiger partial charge in [-0.1, -0.05) is 6.92 Å². The Bertz CT molecular complexity index is 682. The minimum absolute atomic E-state index is 0.278. The Balaban J connectivity index is 2.02. The SMILES string of the molecule is CCC(Oc1ccc(Oc2ccc(C(F)(F)F)cc2)cc1)C(N)=O. The number of hydrogen-bond acceptors (Lipinski definition) is 3. The standard InChI is InChI=1S/C17H16F3NO3/c1-2-15(16(21)22)24-14-9-7-13(8-10-14)23-12-5-3-11(4-6-12)17(18,19)20/h3-10,15H,2H2,1H3,(H2,21,22). The molecule has 24 heavy (non-hydrogen) atoms. The van der Waals surface area contributed by atoms with E-state index in [4.69, 9.17) is 15.2 Å². The third kappa shape index (κ3) is 4.65. The molecule has 0 spiro atoms. The predicted molar refractivity (Wildman–Crippen MR) is 81.9 cm³/mol. The first-order chi connectivity index (χ1) is 11.3. The van der Waals surface area contributed by atoms with E-state index in [1.807, 2.05) is 0 Å². The number of halogens is 3. The molecule has 1 unspecified atom stereocenters. The van der Waals surface area contributed by atoms with Gasteiger partial charge in [-0.25, -0.2) is 0 Å². The normalized spacial score (nSPS) is 12.5. The summed E-state index contributed by atoms with van der Waals surface area (Å²) >= 11 is 0. The zero-order chi connectivity index (χ0) is 17.7. The first kappa shape index (κ1) is 17.7. The summed E-state index contributed by atoms with van der Waals surface area (Å²) in [4.78, 5) is 11.1. The Labute approximate surface area is 137 Å². The zero-order valence-electron chi connectivity index (χ0n) is 12.8. The summed E-state index contributed by atoms with van der Waals surface area (Å²) in [5.74, 6) is 0.595. The van der Waals surface area contributed by atoms with Crippen LogP contribution < -0.4 is 15.2 Å². The maximum absolute atomic E-state index is 12.5. The number of hydrogen-bond donors (Lipinski definition) is 1. The largest absolute Gasteiger partial charge is 0.481 e. The highest BCUT2D eigenvalue weighted by atomic mass is 19.4. The molecular formula is C17H16F3NO3. The van der Waals surface area contributed by atoms with Crippen LogP contribution in [0.1, 0.15) is 18.9 Å². The molecule has 0 aliphatic rings. The average Bonchev–Trinajstić information content (AvgIpc) is 2.53. The van der Waals surface area contributed by atoms with Gasteiger partial charge in [0.05, 0.1) is 5.56 Å². The highest BCUT2D eigenvalue weighted by Gasteiger charge is 2.30. The van der Waals surface area contributed by atoms with Gasteiger partial charge in [-0.3, -0.25) is 4.79 Å². The molecule has 1 amide bonds. The average molecular weight is 339 g/mol. The molecule has 0 saturated carbocycles. The highest BCUT2D eigenvalue weighted by molar-refractivity contribution is 5.79. The molecule has 4 nitrogen and oxygen atoms in total. The van der Waals surface area contributed by atoms with Gasteiger partial charge in [0.15, 0.2) is 6.10 Å². The highest BCUT2D eigenvalue weighted by Crippen LogP contribution is 2.31. The van der Waals surface area contributed by atoms with E-state index >= 15 is 0 Å². The lowest BCUT2D eigenvalue weighted by atomic mass is 10.2. The van der Waals surface area contributed by atoms with Gasteiger partial charge in [-0.15, -0.1) is 0 Å². The molecule has 2 aromatic carbocycles. The van der Waals surface area contributed by atoms with Crippen LogP contribution in [0.4, 0.5) is 13.2 Å². The fourth-order valence-electron chi connectivity index (χ4n) is 1.94. The fraction of sp³-hybridized carbons (Fsp3) is 0.235. The number of ether oxygens (including phenoxy) is 2. The molecule has 0 heterocycles. The molecule has 0 aromatic heterocycles. The van der Waals surface area contributed by atoms with Gasteiger partial charge < -0.3 is 15.2 Å². The summed E-state index contributed by atoms with van der Waals surface area (Å²) in [6.07, 6.45) is -4.65. The lowest BCUT2D eigenvalue weighted by Gasteiger charge is -2.14. The first-order valence-corrected chi connectivity index (χ1v) is 7.20. The second-order valence-electron chi connectivity index (χ2n) is 5.01. The number of primary amides is 1. The monoisotopic (exact) mass is 339 g/mol. The number of alkyl halides is 3. The third-order valence-electron chi connectivity index (χ3n) is 3.21. The van der Waals surface area contributed by atoms with Crippen LogP contribution in [0.5, 0.6) is 17.2 Å². The van der Waals surface area contributed by atoms with E-state index in [2.05, 4.69) is 0 Å². The van der Waals surface area contributed by atoms with Crippen LogP contribution in [0.25, 0.3) is 0 Å². The molecule has 0 aliphatic heterocycles. The maximum Gasteiger partial charge on any atom is 0.416 e. The summed E-state index contributed by atoms with van der Waals surface area (Å²) < 4.78 is 48.4. The lowest BCUT2D eigenvalue weighted by molar-refractivity contribution is -0.137. The summed E-state index contributed by atoms with van der Waals surface area (Å²) in [5, 5.41) is 0. The molecule has 1 atom stereocenters. The van der Waals surface area contributed by atoms with E-state index in [9.17, 15) is 18.0 Å². The number of amides is 1. The molecule has 0 radical (unpaired) electrons. The number of rotatable bonds is 6. The van der Waals surface area contributed by atoms with Gasteiger partial charge in [-0.2, -0.15) is 13.2 Å². The van der Waals surface area contributed by atoms with Crippen LogP contribution in [0.15, 0.2) is 48.5 Å². The van der Waals surface area contributed by atoms with Crippen molar-refractivity contribution in [3.63, 3.8) is 0 Å². The summed E-state index contributed by atoms with van der Waals surface area (Å²) in [6, 6.07) is 10.7. The van der Waals surface area contributed by atoms with Crippen molar-refractivity contribution in [2.75, 3.05) is 0 Å². The second kappa shape index (κ2) is 7.25. The van der Waals surface area contributed by atoms with Gasteiger partial charge in [0.1, 0.15) is 17.2 Å². The third-order valence-corrected chi connectivity index (χ3v) is 3.21. The van der Waals surface area contributed by atoms with Crippen LogP contribution in [0, 0.1) is 0 Å². The molecule has 2 aromatic rings. The van der Waals surface area contributed by atoms with E-state index in [1.165, 1.54) is 12.1 Å². The van der Waals surface area contributed by atoms with E-state index in [-0.39, 0.29) is 5.75 Å². The van der Waals surface area contributed by atoms with Crippen molar-refractivity contribution >= 4 is 5.91 Å². The second-order valence-corrected chi connectivity index (χ2v) is 5.01. The van der Waals surface area contributed by atoms with Crippen molar-refractivity contribution in [2.45, 2.75) is 25.6 Å². The number of carbonyl (C=O) groups is 1. The summed E-state index contributed by atoms with van der Waals surface area (Å²) in [5.41, 5.74) is 4.46. The van der Waals surface area contributed by atoms with E-state index in [0.29, 0.717) is 17.9 Å². The Kier molecular flexibility index (Phi) is 5.33. The van der Waals surface area contributed by atoms with E-state index in [0.717, 1.165) is 12.1 Å². The van der Waals surface area contributed by atoms with Crippen LogP contribution >= 0.6 is 0 Å². The van der Waals surface area contributed by atoms with Gasteiger partial charge in [0.25, 0.3) is 5.91 Å². The summed E-state index contributed by atoms with van der Waals surface area (Å²) in [6.45, 7) is 1.78. The lowest BCUT2D eigenvalue weighted by Crippen LogP contribution is -2.32. The van der Waals surface area contributed by atoms with Crippen molar-refractivity contribution in [3.8, 4) is 17.2 Å². The molecule has 0 bridgehead atoms. The van der Waals surface area contributed by atoms with Crippen LogP contribution in [0.2, 0.25) is 0 Å². The number of nitrogens with two attached hydrogens (primary N) is 1. The molecule has 0 aliphatic carbocycles. The van der Waals surface area contributed by atoms with E-state index in [1.54, 1.807) is 31.2 Å². The Morgan fingerprint density at radius 2 is 1.46 bits per heavy atom. The predicted octanol–water partition coefficient (Wildman–Crippen LogP) is 4.14. The molecule has 128 valence electrons. The van der Waals surface area contributed by atoms with Gasteiger partial charge in [0.2, 0.25) is 0 Å². The van der Waals surface area contributed by atoms with Crippen molar-refractivity contribution in [1.82, 2.24) is 0 Å². The molecule has 0 saturated heterocycles. The number of benzene rings is 2. The topological polar surface area (TPSA) is 61.6 Å². The van der Waals surface area contributed by atoms with Gasteiger partial charge in [-0.05, 0) is 55.0 Å². The minimum Gasteiger partial charge on any atom is -0.481 e. The molecule has 0 fully saturated rings. The quantitative estimate of drug-likeness (QED) is 0.860. The Morgan fingerprint density at radius 3 is 1.88 bits per heavy atom. The Hall–Kier alpha value is -2.70. The smallest absolute Gasteiger partial charge is 0.416 e. The molecule has 2 rings (SSSR count). The zero-order valence-corrected chi connectivity index (χ0v) is 12.8. The maximum atomic E-state index is 12.5. The molecular weight excluding hydrogens is 323 g/mol. The minimum atomic E-state index is -4.38. The molecule has 7 heteroatoms. The van der Waals surface area contributed by atoms with Gasteiger partial charge >= 0.3 is 6.18 Å². The first-order valence-electron chi connectivity index (χ1n) is 7.20. The number of carbonyl (C=O) groups excluding carboxylic acids is 1. The van der Waals surface area contributed by atoms with Crippen molar-refractivity contribution < 1.29 is 27.4 Å². The van der Waals surface area contributed by atoms with Crippen LogP contribution in [0.3, 0.4) is 0 Å². The fourth-order valence-corrected chi connectivity index (χ4v) is 1.94.